The summed E-state index contributed by atoms with van der Waals surface area (Å²) in [5.74, 6) is -1.43. The van der Waals surface area contributed by atoms with Crippen LogP contribution in [0.3, 0.4) is 0 Å². The van der Waals surface area contributed by atoms with E-state index in [1.807, 2.05) is 13.0 Å². The normalized spacial score (nSPS) is 32.7. The first-order valence-corrected chi connectivity index (χ1v) is 16.7. The summed E-state index contributed by atoms with van der Waals surface area (Å²) in [6, 6.07) is 9.43. The standard InChI is InChI=1S/C35H35F2N3O5S/c1-33-16-21-19-39-40(23-6-8-26(37)20(14-23)18-36)27(21)15-22(33)5-7-24-25-9-10-35(32(43)46-13-11-38,34(25,2)17-28(41)30(24)33)45-31(42)29-4-3-12-44-29/h3-4,6,8,12,14-15,19,24-25,28,30,41H,5,7,9-10,13,16-18H2,1-2H3/t24-,25-,28-,30+,33-,34-,35-/m0/s1. The lowest BCUT2D eigenvalue weighted by Gasteiger charge is -2.60. The molecule has 7 rings (SSSR count). The summed E-state index contributed by atoms with van der Waals surface area (Å²) in [4.78, 5) is 27.2. The molecule has 2 aromatic heterocycles. The van der Waals surface area contributed by atoms with Crippen LogP contribution in [0.4, 0.5) is 8.78 Å². The highest BCUT2D eigenvalue weighted by Crippen LogP contribution is 2.69. The van der Waals surface area contributed by atoms with Crippen LogP contribution in [0.2, 0.25) is 0 Å². The fourth-order valence-corrected chi connectivity index (χ4v) is 10.3. The van der Waals surface area contributed by atoms with Gasteiger partial charge in [-0.2, -0.15) is 10.4 Å². The van der Waals surface area contributed by atoms with Crippen molar-refractivity contribution in [2.45, 2.75) is 70.8 Å². The number of furan rings is 1. The predicted octanol–water partition coefficient (Wildman–Crippen LogP) is 6.61. The van der Waals surface area contributed by atoms with Crippen LogP contribution in [0.5, 0.6) is 0 Å². The zero-order valence-electron chi connectivity index (χ0n) is 25.7. The average Bonchev–Trinajstić information content (AvgIpc) is 3.77. The van der Waals surface area contributed by atoms with Gasteiger partial charge in [0.2, 0.25) is 10.9 Å². The zero-order chi connectivity index (χ0) is 32.4. The van der Waals surface area contributed by atoms with Gasteiger partial charge >= 0.3 is 5.97 Å². The second-order valence-electron chi connectivity index (χ2n) is 13.6. The van der Waals surface area contributed by atoms with E-state index in [0.717, 1.165) is 35.9 Å². The molecular formula is C35H35F2N3O5S. The van der Waals surface area contributed by atoms with Crippen LogP contribution in [-0.2, 0) is 22.6 Å². The van der Waals surface area contributed by atoms with Crippen molar-refractivity contribution in [3.05, 3.63) is 76.8 Å². The molecule has 4 aliphatic carbocycles. The molecule has 4 aliphatic rings. The van der Waals surface area contributed by atoms with Crippen LogP contribution in [0.15, 0.2) is 52.8 Å². The number of hydrogen-bond donors (Lipinski definition) is 1. The van der Waals surface area contributed by atoms with E-state index in [9.17, 15) is 28.7 Å². The number of fused-ring (bicyclic) bond motifs is 6. The molecule has 3 aromatic rings. The summed E-state index contributed by atoms with van der Waals surface area (Å²) in [5.41, 5.74) is 0.894. The maximum absolute atomic E-state index is 14.0. The number of ether oxygens (including phenoxy) is 1. The Morgan fingerprint density at radius 3 is 2.85 bits per heavy atom. The van der Waals surface area contributed by atoms with E-state index >= 15 is 0 Å². The molecule has 240 valence electrons. The number of thioether (sulfide) groups is 1. The molecule has 0 spiro atoms. The number of esters is 1. The Balaban J connectivity index is 1.22. The van der Waals surface area contributed by atoms with Gasteiger partial charge in [-0.15, -0.1) is 0 Å². The van der Waals surface area contributed by atoms with Gasteiger partial charge in [0.05, 0.1) is 41.8 Å². The Kier molecular flexibility index (Phi) is 7.52. The van der Waals surface area contributed by atoms with Gasteiger partial charge in [0.1, 0.15) is 12.5 Å². The number of alkyl halides is 1. The number of carbonyl (C=O) groups excluding carboxylic acids is 2. The first kappa shape index (κ1) is 30.9. The van der Waals surface area contributed by atoms with Crippen molar-refractivity contribution in [2.75, 3.05) is 5.75 Å². The van der Waals surface area contributed by atoms with Gasteiger partial charge in [-0.1, -0.05) is 31.2 Å². The Morgan fingerprint density at radius 2 is 2.11 bits per heavy atom. The van der Waals surface area contributed by atoms with Gasteiger partial charge in [0, 0.05) is 11.0 Å². The summed E-state index contributed by atoms with van der Waals surface area (Å²) in [6.45, 7) is 3.26. The number of nitrogens with zero attached hydrogens (tertiary/aromatic N) is 3. The molecule has 8 nitrogen and oxygen atoms in total. The van der Waals surface area contributed by atoms with Crippen molar-refractivity contribution in [1.29, 1.82) is 5.26 Å². The number of aliphatic hydroxyl groups excluding tert-OH is 1. The highest BCUT2D eigenvalue weighted by atomic mass is 32.2. The average molecular weight is 648 g/mol. The Morgan fingerprint density at radius 1 is 1.28 bits per heavy atom. The van der Waals surface area contributed by atoms with E-state index in [1.165, 1.54) is 30.0 Å². The smallest absolute Gasteiger partial charge is 0.375 e. The molecule has 0 unspecified atom stereocenters. The number of aromatic nitrogens is 2. The van der Waals surface area contributed by atoms with Crippen LogP contribution in [0.25, 0.3) is 11.8 Å². The van der Waals surface area contributed by atoms with Crippen molar-refractivity contribution < 1.29 is 32.6 Å². The molecular weight excluding hydrogens is 612 g/mol. The fourth-order valence-electron chi connectivity index (χ4n) is 9.54. The minimum Gasteiger partial charge on any atom is -0.457 e. The van der Waals surface area contributed by atoms with Crippen molar-refractivity contribution in [1.82, 2.24) is 9.78 Å². The molecule has 0 amide bonds. The quantitative estimate of drug-likeness (QED) is 0.297. The molecule has 0 radical (unpaired) electrons. The maximum atomic E-state index is 14.0. The molecule has 46 heavy (non-hydrogen) atoms. The SMILES string of the molecule is C[C@]12Cc3cnn(-c4ccc(F)c(CF)c4)c3C=C1CC[C@@H]1[C@@H]2[C@@H](O)C[C@@]2(C)[C@H]1CC[C@]2(OC(=O)c1ccco1)C(=O)SCC#N. The fraction of sp³-hybridized carbons (Fsp3) is 0.486. The minimum atomic E-state index is -1.51. The van der Waals surface area contributed by atoms with Crippen molar-refractivity contribution in [2.24, 2.45) is 28.6 Å². The number of carbonyl (C=O) groups is 2. The van der Waals surface area contributed by atoms with Crippen molar-refractivity contribution in [3.63, 3.8) is 0 Å². The van der Waals surface area contributed by atoms with Gasteiger partial charge in [-0.25, -0.2) is 18.3 Å². The van der Waals surface area contributed by atoms with E-state index in [1.54, 1.807) is 23.0 Å². The lowest BCUT2D eigenvalue weighted by Crippen LogP contribution is -2.62. The number of halogens is 2. The monoisotopic (exact) mass is 647 g/mol. The Hall–Kier alpha value is -3.75. The summed E-state index contributed by atoms with van der Waals surface area (Å²) in [6.07, 6.45) is 7.95. The highest BCUT2D eigenvalue weighted by molar-refractivity contribution is 8.14. The number of benzene rings is 1. The van der Waals surface area contributed by atoms with E-state index in [0.29, 0.717) is 24.9 Å². The van der Waals surface area contributed by atoms with Crippen LogP contribution in [0, 0.1) is 45.7 Å². The third-order valence-corrected chi connectivity index (χ3v) is 12.4. The largest absolute Gasteiger partial charge is 0.457 e. The molecule has 1 N–H and O–H groups in total. The van der Waals surface area contributed by atoms with Crippen LogP contribution in [-0.4, -0.2) is 43.4 Å². The third-order valence-electron chi connectivity index (χ3n) is 11.5. The van der Waals surface area contributed by atoms with Gasteiger partial charge in [0.25, 0.3) is 0 Å². The lowest BCUT2D eigenvalue weighted by atomic mass is 9.45. The number of rotatable bonds is 6. The van der Waals surface area contributed by atoms with Crippen LogP contribution in [0.1, 0.15) is 73.3 Å². The molecule has 3 fully saturated rings. The molecule has 0 bridgehead atoms. The zero-order valence-corrected chi connectivity index (χ0v) is 26.5. The highest BCUT2D eigenvalue weighted by Gasteiger charge is 2.70. The minimum absolute atomic E-state index is 0.00110. The van der Waals surface area contributed by atoms with Gasteiger partial charge in [-0.05, 0) is 104 Å². The molecule has 0 aliphatic heterocycles. The molecule has 2 heterocycles. The van der Waals surface area contributed by atoms with Gasteiger partial charge in [-0.3, -0.25) is 4.79 Å². The Bertz CT molecular complexity index is 1780. The second kappa shape index (κ2) is 11.2. The van der Waals surface area contributed by atoms with E-state index in [2.05, 4.69) is 18.1 Å². The second-order valence-corrected chi connectivity index (χ2v) is 14.6. The third kappa shape index (κ3) is 4.43. The number of aliphatic hydroxyl groups is 1. The van der Waals surface area contributed by atoms with E-state index in [-0.39, 0.29) is 51.8 Å². The molecule has 1 aromatic carbocycles. The van der Waals surface area contributed by atoms with Gasteiger partial charge in [0.15, 0.2) is 5.60 Å². The lowest BCUT2D eigenvalue weighted by molar-refractivity contribution is -0.175. The molecule has 11 heteroatoms. The summed E-state index contributed by atoms with van der Waals surface area (Å²) in [7, 11) is 0. The first-order chi connectivity index (χ1) is 22.1. The van der Waals surface area contributed by atoms with E-state index in [4.69, 9.17) is 9.15 Å². The van der Waals surface area contributed by atoms with Crippen LogP contribution >= 0.6 is 11.8 Å². The summed E-state index contributed by atoms with van der Waals surface area (Å²) in [5, 5.41) is 25.6. The summed E-state index contributed by atoms with van der Waals surface area (Å²) >= 11 is 0.860. The van der Waals surface area contributed by atoms with Gasteiger partial charge < -0.3 is 14.3 Å². The molecule has 7 atom stereocenters. The van der Waals surface area contributed by atoms with Crippen LogP contribution < -0.4 is 0 Å². The number of nitriles is 1. The van der Waals surface area contributed by atoms with Crippen molar-refractivity contribution in [3.8, 4) is 11.8 Å². The van der Waals surface area contributed by atoms with Crippen molar-refractivity contribution >= 4 is 28.9 Å². The molecule has 0 saturated heterocycles. The predicted molar refractivity (Wildman–Crippen MR) is 166 cm³/mol. The number of hydrogen-bond acceptors (Lipinski definition) is 8. The maximum Gasteiger partial charge on any atom is 0.375 e. The van der Waals surface area contributed by atoms with E-state index < -0.39 is 35.6 Å². The topological polar surface area (TPSA) is 118 Å². The number of allylic oxidation sites excluding steroid dienone is 1. The first-order valence-electron chi connectivity index (χ1n) is 15.7. The Labute approximate surface area is 269 Å². The molecule has 3 saturated carbocycles. The summed E-state index contributed by atoms with van der Waals surface area (Å²) < 4.78 is 40.7.